The maximum Gasteiger partial charge on any atom is 0.252 e. The van der Waals surface area contributed by atoms with E-state index in [4.69, 9.17) is 11.6 Å². The third-order valence-electron chi connectivity index (χ3n) is 4.38. The van der Waals surface area contributed by atoms with Crippen LogP contribution in [0, 0.1) is 5.82 Å². The van der Waals surface area contributed by atoms with Gasteiger partial charge in [-0.3, -0.25) is 19.1 Å². The Balaban J connectivity index is 1.41. The highest BCUT2D eigenvalue weighted by molar-refractivity contribution is 6.33. The van der Waals surface area contributed by atoms with Crippen LogP contribution in [0.4, 0.5) is 10.1 Å². The van der Waals surface area contributed by atoms with Crippen molar-refractivity contribution in [2.75, 3.05) is 11.9 Å². The molecule has 1 aromatic heterocycles. The zero-order valence-electron chi connectivity index (χ0n) is 17.0. The lowest BCUT2D eigenvalue weighted by atomic mass is 10.2. The largest absolute Gasteiger partial charge is 0.352 e. The predicted octanol–water partition coefficient (Wildman–Crippen LogP) is 2.75. The predicted molar refractivity (Wildman–Crippen MR) is 118 cm³/mol. The van der Waals surface area contributed by atoms with E-state index in [1.165, 1.54) is 10.7 Å². The van der Waals surface area contributed by atoms with Crippen molar-refractivity contribution >= 4 is 35.0 Å². The van der Waals surface area contributed by atoms with Gasteiger partial charge in [-0.2, -0.15) is 5.10 Å². The summed E-state index contributed by atoms with van der Waals surface area (Å²) in [6, 6.07) is 12.3. The number of amides is 3. The van der Waals surface area contributed by atoms with E-state index in [0.717, 1.165) is 17.7 Å². The van der Waals surface area contributed by atoms with Crippen molar-refractivity contribution in [3.05, 3.63) is 82.9 Å². The summed E-state index contributed by atoms with van der Waals surface area (Å²) in [5.74, 6) is -1.50. The van der Waals surface area contributed by atoms with Gasteiger partial charge in [-0.25, -0.2) is 4.39 Å². The fourth-order valence-corrected chi connectivity index (χ4v) is 3.10. The number of halogens is 2. The van der Waals surface area contributed by atoms with Crippen molar-refractivity contribution in [3.8, 4) is 0 Å². The summed E-state index contributed by atoms with van der Waals surface area (Å²) in [6.07, 6.45) is 3.35. The molecule has 8 nitrogen and oxygen atoms in total. The number of anilines is 1. The molecule has 0 bridgehead atoms. The second-order valence-corrected chi connectivity index (χ2v) is 7.27. The summed E-state index contributed by atoms with van der Waals surface area (Å²) in [5, 5.41) is 12.1. The zero-order valence-corrected chi connectivity index (χ0v) is 17.7. The zero-order chi connectivity index (χ0) is 22.9. The van der Waals surface area contributed by atoms with Crippen molar-refractivity contribution < 1.29 is 18.8 Å². The van der Waals surface area contributed by atoms with E-state index in [1.54, 1.807) is 36.7 Å². The molecule has 0 radical (unpaired) electrons. The summed E-state index contributed by atoms with van der Waals surface area (Å²) in [5.41, 5.74) is 1.55. The Morgan fingerprint density at radius 2 is 1.88 bits per heavy atom. The smallest absolute Gasteiger partial charge is 0.252 e. The molecule has 166 valence electrons. The van der Waals surface area contributed by atoms with Gasteiger partial charge >= 0.3 is 0 Å². The number of nitrogens with one attached hydrogen (secondary N) is 3. The van der Waals surface area contributed by atoms with E-state index in [-0.39, 0.29) is 48.5 Å². The lowest BCUT2D eigenvalue weighted by molar-refractivity contribution is -0.121. The maximum atomic E-state index is 13.1. The quantitative estimate of drug-likeness (QED) is 0.459. The average Bonchev–Trinajstić information content (AvgIpc) is 3.25. The van der Waals surface area contributed by atoms with Gasteiger partial charge in [0.15, 0.2) is 0 Å². The molecule has 3 aromatic rings. The Hall–Kier alpha value is -3.72. The number of rotatable bonds is 9. The average molecular weight is 458 g/mol. The minimum atomic E-state index is -0.535. The fourth-order valence-electron chi connectivity index (χ4n) is 2.85. The Morgan fingerprint density at radius 3 is 2.62 bits per heavy atom. The van der Waals surface area contributed by atoms with Crippen molar-refractivity contribution in [2.24, 2.45) is 0 Å². The molecule has 3 N–H and O–H groups in total. The van der Waals surface area contributed by atoms with Gasteiger partial charge in [0.05, 0.1) is 10.6 Å². The molecule has 1 heterocycles. The van der Waals surface area contributed by atoms with Crippen LogP contribution in [-0.2, 0) is 22.7 Å². The first-order valence-corrected chi connectivity index (χ1v) is 10.1. The molecule has 0 aliphatic heterocycles. The van der Waals surface area contributed by atoms with Crippen molar-refractivity contribution in [1.29, 1.82) is 0 Å². The van der Waals surface area contributed by atoms with Crippen LogP contribution in [-0.4, -0.2) is 34.0 Å². The van der Waals surface area contributed by atoms with E-state index in [1.807, 2.05) is 6.07 Å². The van der Waals surface area contributed by atoms with Crippen LogP contribution in [0.15, 0.2) is 60.9 Å². The molecular formula is C22H21ClFN5O3. The molecule has 3 amide bonds. The highest BCUT2D eigenvalue weighted by Gasteiger charge is 2.11. The van der Waals surface area contributed by atoms with Crippen LogP contribution in [0.3, 0.4) is 0 Å². The van der Waals surface area contributed by atoms with Gasteiger partial charge in [-0.1, -0.05) is 23.7 Å². The van der Waals surface area contributed by atoms with Crippen LogP contribution in [0.1, 0.15) is 22.3 Å². The van der Waals surface area contributed by atoms with Crippen LogP contribution in [0.2, 0.25) is 5.02 Å². The number of carbonyl (C=O) groups excluding carboxylic acids is 3. The van der Waals surface area contributed by atoms with E-state index in [2.05, 4.69) is 21.0 Å². The SMILES string of the molecule is O=C(CCNC(=O)c1ccc(F)cc1Cl)NCc1cccc(NC(=O)Cn2cccn2)c1. The van der Waals surface area contributed by atoms with E-state index >= 15 is 0 Å². The number of hydrogen-bond acceptors (Lipinski definition) is 4. The molecule has 0 spiro atoms. The molecule has 0 atom stereocenters. The van der Waals surface area contributed by atoms with E-state index in [0.29, 0.717) is 5.69 Å². The molecule has 32 heavy (non-hydrogen) atoms. The Morgan fingerprint density at radius 1 is 1.03 bits per heavy atom. The van der Waals surface area contributed by atoms with Crippen LogP contribution >= 0.6 is 11.6 Å². The Kier molecular flexibility index (Phi) is 7.93. The van der Waals surface area contributed by atoms with Crippen LogP contribution in [0.25, 0.3) is 0 Å². The molecule has 0 saturated carbocycles. The Labute approximate surface area is 188 Å². The summed E-state index contributed by atoms with van der Waals surface area (Å²) in [6.45, 7) is 0.462. The molecule has 0 unspecified atom stereocenters. The van der Waals surface area contributed by atoms with Crippen molar-refractivity contribution in [3.63, 3.8) is 0 Å². The molecule has 3 rings (SSSR count). The topological polar surface area (TPSA) is 105 Å². The molecule has 0 saturated heterocycles. The minimum Gasteiger partial charge on any atom is -0.352 e. The normalized spacial score (nSPS) is 10.4. The van der Waals surface area contributed by atoms with Crippen LogP contribution < -0.4 is 16.0 Å². The van der Waals surface area contributed by atoms with Crippen molar-refractivity contribution in [2.45, 2.75) is 19.5 Å². The third kappa shape index (κ3) is 6.92. The summed E-state index contributed by atoms with van der Waals surface area (Å²) in [4.78, 5) is 36.2. The molecule has 0 aliphatic carbocycles. The first kappa shape index (κ1) is 23.0. The second-order valence-electron chi connectivity index (χ2n) is 6.86. The van der Waals surface area contributed by atoms with Crippen LogP contribution in [0.5, 0.6) is 0 Å². The minimum absolute atomic E-state index is 0.00328. The monoisotopic (exact) mass is 457 g/mol. The Bertz CT molecular complexity index is 1100. The van der Waals surface area contributed by atoms with Gasteiger partial charge in [0.25, 0.3) is 5.91 Å². The van der Waals surface area contributed by atoms with Crippen molar-refractivity contribution in [1.82, 2.24) is 20.4 Å². The van der Waals surface area contributed by atoms with Gasteiger partial charge in [0, 0.05) is 37.6 Å². The first-order valence-electron chi connectivity index (χ1n) is 9.77. The number of hydrogen-bond donors (Lipinski definition) is 3. The molecule has 0 aliphatic rings. The molecule has 0 fully saturated rings. The third-order valence-corrected chi connectivity index (χ3v) is 4.69. The molecule has 2 aromatic carbocycles. The maximum absolute atomic E-state index is 13.1. The van der Waals surface area contributed by atoms with Gasteiger partial charge in [-0.15, -0.1) is 0 Å². The van der Waals surface area contributed by atoms with Gasteiger partial charge in [0.2, 0.25) is 11.8 Å². The summed E-state index contributed by atoms with van der Waals surface area (Å²) >= 11 is 5.85. The number of benzene rings is 2. The summed E-state index contributed by atoms with van der Waals surface area (Å²) < 4.78 is 14.6. The van der Waals surface area contributed by atoms with E-state index in [9.17, 15) is 18.8 Å². The number of nitrogens with zero attached hydrogens (tertiary/aromatic N) is 2. The first-order chi connectivity index (χ1) is 15.4. The molecule has 10 heteroatoms. The van der Waals surface area contributed by atoms with Gasteiger partial charge < -0.3 is 16.0 Å². The lowest BCUT2D eigenvalue weighted by Crippen LogP contribution is -2.30. The highest BCUT2D eigenvalue weighted by Crippen LogP contribution is 2.17. The van der Waals surface area contributed by atoms with Gasteiger partial charge in [0.1, 0.15) is 12.4 Å². The number of aromatic nitrogens is 2. The van der Waals surface area contributed by atoms with E-state index < -0.39 is 11.7 Å². The number of carbonyl (C=O) groups is 3. The molecular weight excluding hydrogens is 437 g/mol. The van der Waals surface area contributed by atoms with Gasteiger partial charge in [-0.05, 0) is 42.0 Å². The lowest BCUT2D eigenvalue weighted by Gasteiger charge is -2.10. The summed E-state index contributed by atoms with van der Waals surface area (Å²) in [7, 11) is 0. The standard InChI is InChI=1S/C22H21ClFN5O3/c23-19-12-16(24)5-6-18(19)22(32)25-9-7-20(30)26-13-15-3-1-4-17(11-15)28-21(31)14-29-10-2-8-27-29/h1-6,8,10-12H,7,9,13-14H2,(H,25,32)(H,26,30)(H,28,31). The highest BCUT2D eigenvalue weighted by atomic mass is 35.5. The second kappa shape index (κ2) is 11.1. The fraction of sp³-hybridized carbons (Fsp3) is 0.182.